The molecule has 1 aliphatic heterocycles. The van der Waals surface area contributed by atoms with E-state index in [9.17, 15) is 0 Å². The molecular formula is C46H37BO. The highest BCUT2D eigenvalue weighted by atomic mass is 16.5. The molecule has 0 radical (unpaired) electrons. The number of hydrogen-bond acceptors (Lipinski definition) is 1. The van der Waals surface area contributed by atoms with Crippen molar-refractivity contribution >= 4 is 55.4 Å². The molecular weight excluding hydrogens is 579 g/mol. The van der Waals surface area contributed by atoms with E-state index in [0.29, 0.717) is 5.92 Å². The molecule has 0 aliphatic carbocycles. The third-order valence-electron chi connectivity index (χ3n) is 10.5. The Morgan fingerprint density at radius 2 is 1.08 bits per heavy atom. The summed E-state index contributed by atoms with van der Waals surface area (Å²) in [6.07, 6.45) is 0. The summed E-state index contributed by atoms with van der Waals surface area (Å²) in [5.41, 5.74) is 11.6. The second kappa shape index (κ2) is 11.1. The van der Waals surface area contributed by atoms with Crippen molar-refractivity contribution in [3.05, 3.63) is 151 Å². The lowest BCUT2D eigenvalue weighted by Crippen LogP contribution is -2.57. The molecule has 1 aliphatic rings. The van der Waals surface area contributed by atoms with E-state index < -0.39 is 0 Å². The summed E-state index contributed by atoms with van der Waals surface area (Å²) in [5.74, 6) is 2.64. The fraction of sp³-hybridized carbons (Fsp3) is 0.130. The zero-order valence-corrected chi connectivity index (χ0v) is 27.9. The largest absolute Gasteiger partial charge is 0.458 e. The number of benzene rings is 8. The third kappa shape index (κ3) is 4.25. The Balaban J connectivity index is 1.47. The lowest BCUT2D eigenvalue weighted by molar-refractivity contribution is 0.492. The van der Waals surface area contributed by atoms with Gasteiger partial charge in [0.1, 0.15) is 11.5 Å². The van der Waals surface area contributed by atoms with Gasteiger partial charge in [-0.05, 0) is 89.8 Å². The molecule has 0 atom stereocenters. The van der Waals surface area contributed by atoms with Crippen LogP contribution in [0.2, 0.25) is 0 Å². The average molecular weight is 617 g/mol. The van der Waals surface area contributed by atoms with Crippen LogP contribution in [0.1, 0.15) is 50.7 Å². The first-order valence-electron chi connectivity index (χ1n) is 17.3. The van der Waals surface area contributed by atoms with Crippen molar-refractivity contribution in [2.24, 2.45) is 0 Å². The Morgan fingerprint density at radius 3 is 1.75 bits per heavy atom. The lowest BCUT2D eigenvalue weighted by atomic mass is 9.33. The smallest absolute Gasteiger partial charge is 0.252 e. The van der Waals surface area contributed by atoms with Crippen LogP contribution < -0.4 is 21.1 Å². The fourth-order valence-corrected chi connectivity index (χ4v) is 8.51. The predicted molar refractivity (Wildman–Crippen MR) is 207 cm³/mol. The second-order valence-electron chi connectivity index (χ2n) is 13.9. The third-order valence-corrected chi connectivity index (χ3v) is 10.5. The van der Waals surface area contributed by atoms with Crippen molar-refractivity contribution < 1.29 is 4.74 Å². The van der Waals surface area contributed by atoms with Crippen LogP contribution in [-0.4, -0.2) is 6.71 Å². The predicted octanol–water partition coefficient (Wildman–Crippen LogP) is 10.8. The normalized spacial score (nSPS) is 12.7. The van der Waals surface area contributed by atoms with Gasteiger partial charge in [0.15, 0.2) is 0 Å². The van der Waals surface area contributed by atoms with Gasteiger partial charge in [0, 0.05) is 10.8 Å². The molecule has 0 aromatic heterocycles. The van der Waals surface area contributed by atoms with Crippen LogP contribution in [0.5, 0.6) is 11.5 Å². The average Bonchev–Trinajstić information content (AvgIpc) is 3.12. The van der Waals surface area contributed by atoms with Crippen molar-refractivity contribution in [3.8, 4) is 33.8 Å². The maximum absolute atomic E-state index is 7.15. The molecule has 1 nitrogen and oxygen atoms in total. The van der Waals surface area contributed by atoms with Crippen molar-refractivity contribution in [1.29, 1.82) is 0 Å². The van der Waals surface area contributed by atoms with E-state index in [-0.39, 0.29) is 12.6 Å². The van der Waals surface area contributed by atoms with Gasteiger partial charge in [0.25, 0.3) is 6.71 Å². The zero-order chi connectivity index (χ0) is 32.5. The molecule has 8 aromatic rings. The van der Waals surface area contributed by atoms with Crippen LogP contribution in [0.15, 0.2) is 140 Å². The maximum Gasteiger partial charge on any atom is 0.252 e. The van der Waals surface area contributed by atoms with Crippen LogP contribution in [0.25, 0.3) is 54.6 Å². The van der Waals surface area contributed by atoms with Crippen LogP contribution in [0.4, 0.5) is 0 Å². The quantitative estimate of drug-likeness (QED) is 0.138. The Morgan fingerprint density at radius 1 is 0.479 bits per heavy atom. The summed E-state index contributed by atoms with van der Waals surface area (Å²) >= 11 is 0. The Bertz CT molecular complexity index is 2420. The first-order valence-corrected chi connectivity index (χ1v) is 17.3. The highest BCUT2D eigenvalue weighted by Crippen LogP contribution is 2.45. The molecule has 48 heavy (non-hydrogen) atoms. The standard InChI is InChI=1S/C46H37BO/c1-28(2)33-24-22-32-23-25-37-41(29(3)4)45-46(38-27-26-36(33)42(32)43(37)38)48-40-21-12-11-20-39(40)47(45)44-34(30-14-7-5-8-15-30)18-13-19-35(44)31-16-9-6-10-17-31/h5-29H,1-4H3. The zero-order valence-electron chi connectivity index (χ0n) is 27.9. The molecule has 0 N–H and O–H groups in total. The highest BCUT2D eigenvalue weighted by molar-refractivity contribution is 6.99. The van der Waals surface area contributed by atoms with Gasteiger partial charge in [0.05, 0.1) is 0 Å². The molecule has 9 rings (SSSR count). The van der Waals surface area contributed by atoms with E-state index in [1.165, 1.54) is 82.1 Å². The van der Waals surface area contributed by atoms with E-state index in [1.807, 2.05) is 0 Å². The van der Waals surface area contributed by atoms with Gasteiger partial charge in [-0.3, -0.25) is 0 Å². The van der Waals surface area contributed by atoms with Crippen molar-refractivity contribution in [3.63, 3.8) is 0 Å². The topological polar surface area (TPSA) is 9.23 Å². The molecule has 0 saturated carbocycles. The first kappa shape index (κ1) is 28.9. The molecule has 8 aromatic carbocycles. The van der Waals surface area contributed by atoms with Gasteiger partial charge in [-0.1, -0.05) is 161 Å². The van der Waals surface area contributed by atoms with Crippen LogP contribution >= 0.6 is 0 Å². The van der Waals surface area contributed by atoms with Crippen LogP contribution in [0, 0.1) is 0 Å². The van der Waals surface area contributed by atoms with E-state index in [2.05, 4.69) is 167 Å². The lowest BCUT2D eigenvalue weighted by Gasteiger charge is -2.34. The highest BCUT2D eigenvalue weighted by Gasteiger charge is 2.40. The Kier molecular flexibility index (Phi) is 6.69. The molecule has 1 heterocycles. The molecule has 0 bridgehead atoms. The van der Waals surface area contributed by atoms with Gasteiger partial charge < -0.3 is 4.74 Å². The SMILES string of the molecule is CC(C)c1ccc2ccc3c(C(C)C)c4c(c5ccc1c2c53)Oc1ccccc1B4c1c(-c2ccccc2)cccc1-c1ccccc1. The monoisotopic (exact) mass is 616 g/mol. The van der Waals surface area contributed by atoms with Gasteiger partial charge >= 0.3 is 0 Å². The van der Waals surface area contributed by atoms with E-state index in [4.69, 9.17) is 4.74 Å². The molecule has 230 valence electrons. The van der Waals surface area contributed by atoms with E-state index in [1.54, 1.807) is 0 Å². The molecule has 0 saturated heterocycles. The van der Waals surface area contributed by atoms with Crippen molar-refractivity contribution in [1.82, 2.24) is 0 Å². The van der Waals surface area contributed by atoms with E-state index >= 15 is 0 Å². The van der Waals surface area contributed by atoms with Gasteiger partial charge in [-0.25, -0.2) is 0 Å². The summed E-state index contributed by atoms with van der Waals surface area (Å²) in [5, 5.41) is 7.85. The summed E-state index contributed by atoms with van der Waals surface area (Å²) in [6.45, 7) is 9.26. The van der Waals surface area contributed by atoms with E-state index in [0.717, 1.165) is 11.5 Å². The Hall–Kier alpha value is -5.34. The van der Waals surface area contributed by atoms with Gasteiger partial charge in [0.2, 0.25) is 0 Å². The number of fused-ring (bicyclic) bond motifs is 3. The molecule has 0 unspecified atom stereocenters. The van der Waals surface area contributed by atoms with Crippen molar-refractivity contribution in [2.75, 3.05) is 0 Å². The van der Waals surface area contributed by atoms with Crippen molar-refractivity contribution in [2.45, 2.75) is 39.5 Å². The minimum Gasteiger partial charge on any atom is -0.458 e. The molecule has 2 heteroatoms. The Labute approximate surface area is 283 Å². The number of ether oxygens (including phenoxy) is 1. The number of para-hydroxylation sites is 1. The fourth-order valence-electron chi connectivity index (χ4n) is 8.51. The summed E-state index contributed by atoms with van der Waals surface area (Å²) in [4.78, 5) is 0. The minimum absolute atomic E-state index is 0.0397. The van der Waals surface area contributed by atoms with Crippen LogP contribution in [-0.2, 0) is 0 Å². The first-order chi connectivity index (χ1) is 23.5. The maximum atomic E-state index is 7.15. The summed E-state index contributed by atoms with van der Waals surface area (Å²) in [7, 11) is 0. The molecule has 0 fully saturated rings. The summed E-state index contributed by atoms with van der Waals surface area (Å²) in [6, 6.07) is 51.4. The molecule has 0 spiro atoms. The molecule has 0 amide bonds. The number of hydrogen-bond donors (Lipinski definition) is 0. The number of rotatable bonds is 5. The minimum atomic E-state index is -0.0397. The van der Waals surface area contributed by atoms with Gasteiger partial charge in [-0.2, -0.15) is 0 Å². The summed E-state index contributed by atoms with van der Waals surface area (Å²) < 4.78 is 7.15. The van der Waals surface area contributed by atoms with Gasteiger partial charge in [-0.15, -0.1) is 0 Å². The second-order valence-corrected chi connectivity index (χ2v) is 13.9. The van der Waals surface area contributed by atoms with Crippen LogP contribution in [0.3, 0.4) is 0 Å².